The number of carbonyl (C=O) groups excluding carboxylic acids is 1. The van der Waals surface area contributed by atoms with Crippen LogP contribution in [0.25, 0.3) is 17.2 Å². The number of hydrogen-bond donors (Lipinski definition) is 0. The fourth-order valence-corrected chi connectivity index (χ4v) is 3.98. The SMILES string of the molecule is CCN(C)C(=O)/C=C/c1cc(C)c(Oc2nc(Cl)nc3ncn(Cc4ccc(OC)cc4)c23)c(C)c1. The molecule has 186 valence electrons. The third-order valence-corrected chi connectivity index (χ3v) is 6.04. The van der Waals surface area contributed by atoms with Crippen LogP contribution in [0.4, 0.5) is 0 Å². The normalized spacial score (nSPS) is 11.3. The molecule has 8 nitrogen and oxygen atoms in total. The van der Waals surface area contributed by atoms with Crippen molar-refractivity contribution in [3.05, 3.63) is 76.3 Å². The van der Waals surface area contributed by atoms with E-state index in [4.69, 9.17) is 21.1 Å². The van der Waals surface area contributed by atoms with Gasteiger partial charge in [0.05, 0.1) is 13.4 Å². The molecule has 0 aliphatic heterocycles. The lowest BCUT2D eigenvalue weighted by atomic mass is 10.1. The number of methoxy groups -OCH3 is 1. The van der Waals surface area contributed by atoms with E-state index in [1.54, 1.807) is 31.5 Å². The number of rotatable bonds is 8. The van der Waals surface area contributed by atoms with Gasteiger partial charge in [-0.3, -0.25) is 4.79 Å². The van der Waals surface area contributed by atoms with E-state index in [-0.39, 0.29) is 11.2 Å². The third-order valence-electron chi connectivity index (χ3n) is 5.88. The van der Waals surface area contributed by atoms with Gasteiger partial charge in [-0.15, -0.1) is 0 Å². The largest absolute Gasteiger partial charge is 0.497 e. The van der Waals surface area contributed by atoms with E-state index in [9.17, 15) is 4.79 Å². The van der Waals surface area contributed by atoms with Crippen LogP contribution in [0.3, 0.4) is 0 Å². The molecule has 1 amide bonds. The molecule has 0 radical (unpaired) electrons. The number of nitrogens with zero attached hydrogens (tertiary/aromatic N) is 5. The molecule has 0 saturated carbocycles. The Morgan fingerprint density at radius 1 is 1.14 bits per heavy atom. The molecule has 0 N–H and O–H groups in total. The van der Waals surface area contributed by atoms with Crippen molar-refractivity contribution < 1.29 is 14.3 Å². The van der Waals surface area contributed by atoms with Crippen LogP contribution in [0, 0.1) is 13.8 Å². The number of ether oxygens (including phenoxy) is 2. The number of carbonyl (C=O) groups is 1. The zero-order valence-corrected chi connectivity index (χ0v) is 21.7. The summed E-state index contributed by atoms with van der Waals surface area (Å²) in [6.45, 7) is 7.04. The summed E-state index contributed by atoms with van der Waals surface area (Å²) in [5, 5.41) is 0.0561. The molecule has 9 heteroatoms. The molecular weight excluding hydrogens is 478 g/mol. The first-order valence-corrected chi connectivity index (χ1v) is 11.9. The van der Waals surface area contributed by atoms with Crippen LogP contribution in [-0.2, 0) is 11.3 Å². The van der Waals surface area contributed by atoms with Crippen molar-refractivity contribution in [2.75, 3.05) is 20.7 Å². The molecule has 2 aromatic carbocycles. The van der Waals surface area contributed by atoms with Crippen molar-refractivity contribution in [2.24, 2.45) is 0 Å². The van der Waals surface area contributed by atoms with Gasteiger partial charge in [0.1, 0.15) is 11.5 Å². The average molecular weight is 506 g/mol. The van der Waals surface area contributed by atoms with Gasteiger partial charge in [0, 0.05) is 26.2 Å². The molecule has 0 spiro atoms. The summed E-state index contributed by atoms with van der Waals surface area (Å²) in [7, 11) is 3.41. The predicted octanol–water partition coefficient (Wildman–Crippen LogP) is 5.44. The zero-order valence-electron chi connectivity index (χ0n) is 20.9. The molecule has 0 saturated heterocycles. The van der Waals surface area contributed by atoms with Crippen LogP contribution in [0.1, 0.15) is 29.2 Å². The van der Waals surface area contributed by atoms with Gasteiger partial charge in [0.15, 0.2) is 11.2 Å². The van der Waals surface area contributed by atoms with Gasteiger partial charge in [-0.25, -0.2) is 4.98 Å². The number of likely N-dealkylation sites (N-methyl/N-ethyl adjacent to an activating group) is 1. The number of fused-ring (bicyclic) bond motifs is 1. The Balaban J connectivity index is 1.66. The maximum Gasteiger partial charge on any atom is 0.250 e. The van der Waals surface area contributed by atoms with Gasteiger partial charge in [-0.2, -0.15) is 9.97 Å². The summed E-state index contributed by atoms with van der Waals surface area (Å²) in [5.74, 6) is 1.73. The Labute approximate surface area is 215 Å². The number of halogens is 1. The van der Waals surface area contributed by atoms with E-state index in [0.717, 1.165) is 28.0 Å². The van der Waals surface area contributed by atoms with Gasteiger partial charge in [-0.1, -0.05) is 12.1 Å². The number of amides is 1. The molecule has 0 fully saturated rings. The zero-order chi connectivity index (χ0) is 25.8. The Bertz CT molecular complexity index is 1410. The topological polar surface area (TPSA) is 82.4 Å². The van der Waals surface area contributed by atoms with Gasteiger partial charge >= 0.3 is 0 Å². The highest BCUT2D eigenvalue weighted by Crippen LogP contribution is 2.33. The van der Waals surface area contributed by atoms with Crippen molar-refractivity contribution in [3.63, 3.8) is 0 Å². The molecule has 4 rings (SSSR count). The van der Waals surface area contributed by atoms with Gasteiger partial charge < -0.3 is 18.9 Å². The Hall–Kier alpha value is -3.91. The highest BCUT2D eigenvalue weighted by atomic mass is 35.5. The van der Waals surface area contributed by atoms with E-state index in [0.29, 0.717) is 35.9 Å². The molecule has 0 atom stereocenters. The van der Waals surface area contributed by atoms with E-state index in [2.05, 4.69) is 15.0 Å². The lowest BCUT2D eigenvalue weighted by Crippen LogP contribution is -2.23. The molecule has 4 aromatic rings. The molecule has 0 bridgehead atoms. The quantitative estimate of drug-likeness (QED) is 0.234. The second-order valence-corrected chi connectivity index (χ2v) is 8.80. The summed E-state index contributed by atoms with van der Waals surface area (Å²) in [6, 6.07) is 11.7. The van der Waals surface area contributed by atoms with E-state index < -0.39 is 0 Å². The first kappa shape index (κ1) is 25.2. The van der Waals surface area contributed by atoms with Crippen LogP contribution in [0.2, 0.25) is 5.28 Å². The molecule has 0 aliphatic carbocycles. The first-order valence-electron chi connectivity index (χ1n) is 11.5. The highest BCUT2D eigenvalue weighted by molar-refractivity contribution is 6.28. The summed E-state index contributed by atoms with van der Waals surface area (Å²) >= 11 is 6.20. The van der Waals surface area contributed by atoms with Crippen molar-refractivity contribution in [3.8, 4) is 17.4 Å². The fourth-order valence-electron chi connectivity index (χ4n) is 3.83. The van der Waals surface area contributed by atoms with Crippen molar-refractivity contribution >= 4 is 34.7 Å². The molecular formula is C27H28ClN5O3. The monoisotopic (exact) mass is 505 g/mol. The van der Waals surface area contributed by atoms with Gasteiger partial charge in [-0.05, 0) is 85.0 Å². The summed E-state index contributed by atoms with van der Waals surface area (Å²) in [5.41, 5.74) is 4.86. The number of hydrogen-bond acceptors (Lipinski definition) is 6. The minimum absolute atomic E-state index is 0.0451. The van der Waals surface area contributed by atoms with Crippen molar-refractivity contribution in [1.82, 2.24) is 24.4 Å². The van der Waals surface area contributed by atoms with Crippen LogP contribution >= 0.6 is 11.6 Å². The Kier molecular flexibility index (Phi) is 7.55. The number of aryl methyl sites for hydroxylation is 2. The second kappa shape index (κ2) is 10.8. The summed E-state index contributed by atoms with van der Waals surface area (Å²) in [4.78, 5) is 26.8. The first-order chi connectivity index (χ1) is 17.3. The van der Waals surface area contributed by atoms with Crippen LogP contribution in [-0.4, -0.2) is 51.0 Å². The van der Waals surface area contributed by atoms with Crippen LogP contribution < -0.4 is 9.47 Å². The third kappa shape index (κ3) is 5.49. The summed E-state index contributed by atoms with van der Waals surface area (Å²) < 4.78 is 13.5. The predicted molar refractivity (Wildman–Crippen MR) is 141 cm³/mol. The molecule has 0 aliphatic rings. The van der Waals surface area contributed by atoms with Gasteiger partial charge in [0.2, 0.25) is 17.1 Å². The van der Waals surface area contributed by atoms with Crippen LogP contribution in [0.15, 0.2) is 48.8 Å². The minimum atomic E-state index is -0.0451. The maximum absolute atomic E-state index is 12.1. The lowest BCUT2D eigenvalue weighted by Gasteiger charge is -2.14. The van der Waals surface area contributed by atoms with E-state index in [1.807, 2.05) is 67.8 Å². The second-order valence-electron chi connectivity index (χ2n) is 8.46. The van der Waals surface area contributed by atoms with E-state index in [1.165, 1.54) is 0 Å². The minimum Gasteiger partial charge on any atom is -0.497 e. The van der Waals surface area contributed by atoms with E-state index >= 15 is 0 Å². The Morgan fingerprint density at radius 3 is 2.47 bits per heavy atom. The number of aromatic nitrogens is 4. The fraction of sp³-hybridized carbons (Fsp3) is 0.259. The molecule has 2 aromatic heterocycles. The number of benzene rings is 2. The number of imidazole rings is 1. The molecule has 2 heterocycles. The standard InChI is InChI=1S/C27H28ClN5O3/c1-6-32(4)22(34)12-9-20-13-17(2)24(18(3)14-20)36-26-23-25(30-27(28)31-26)29-16-33(23)15-19-7-10-21(35-5)11-8-19/h7-14,16H,6,15H2,1-5H3/b12-9+. The maximum atomic E-state index is 12.1. The highest BCUT2D eigenvalue weighted by Gasteiger charge is 2.18. The Morgan fingerprint density at radius 2 is 1.83 bits per heavy atom. The molecule has 0 unspecified atom stereocenters. The smallest absolute Gasteiger partial charge is 0.250 e. The lowest BCUT2D eigenvalue weighted by molar-refractivity contribution is -0.124. The van der Waals surface area contributed by atoms with Crippen molar-refractivity contribution in [2.45, 2.75) is 27.3 Å². The van der Waals surface area contributed by atoms with Crippen molar-refractivity contribution in [1.29, 1.82) is 0 Å². The molecule has 36 heavy (non-hydrogen) atoms. The average Bonchev–Trinajstić information content (AvgIpc) is 3.26. The van der Waals surface area contributed by atoms with Crippen LogP contribution in [0.5, 0.6) is 17.4 Å². The summed E-state index contributed by atoms with van der Waals surface area (Å²) in [6.07, 6.45) is 5.08. The van der Waals surface area contributed by atoms with Gasteiger partial charge in [0.25, 0.3) is 0 Å².